The Labute approximate surface area is 385 Å². The highest BCUT2D eigenvalue weighted by Crippen LogP contribution is 2.13. The summed E-state index contributed by atoms with van der Waals surface area (Å²) in [7, 11) is 0. The van der Waals surface area contributed by atoms with E-state index in [9.17, 15) is 14.7 Å². The first-order chi connectivity index (χ1) is 31.0. The predicted octanol–water partition coefficient (Wildman–Crippen LogP) is 10.6. The Morgan fingerprint density at radius 1 is 0.397 bits per heavy atom. The highest BCUT2D eigenvalue weighted by atomic mass is 16.6. The molecule has 0 heterocycles. The van der Waals surface area contributed by atoms with Crippen LogP contribution in [-0.2, 0) is 42.7 Å². The summed E-state index contributed by atoms with van der Waals surface area (Å²) in [5, 5.41) is 26.4. The molecule has 374 valence electrons. The largest absolute Gasteiger partial charge is 0.462 e. The lowest BCUT2D eigenvalue weighted by atomic mass is 10.1. The molecule has 0 saturated carbocycles. The van der Waals surface area contributed by atoms with Gasteiger partial charge in [-0.2, -0.15) is 0 Å². The molecule has 0 amide bonds. The number of hydrogen-bond donors (Lipinski definition) is 3. The second-order valence-corrected chi connectivity index (χ2v) is 16.2. The SMILES string of the molecule is CCCCCCCC/C=C\CCCCCCCC(=O)OC[C@H](CO)OC(=O)CCCCCCC/C=C\CCCCCCCC.OCCOCCOCCOCCOCCOCCO. The van der Waals surface area contributed by atoms with Crippen LogP contribution in [0, 0.1) is 0 Å². The Morgan fingerprint density at radius 2 is 0.698 bits per heavy atom. The molecule has 0 bridgehead atoms. The van der Waals surface area contributed by atoms with Crippen molar-refractivity contribution in [2.45, 2.75) is 200 Å². The number of esters is 2. The van der Waals surface area contributed by atoms with Crippen molar-refractivity contribution in [3.8, 4) is 0 Å². The lowest BCUT2D eigenvalue weighted by Gasteiger charge is -2.15. The number of carbonyl (C=O) groups excluding carboxylic acids is 2. The molecule has 0 rings (SSSR count). The minimum absolute atomic E-state index is 0.0359. The third-order valence-corrected chi connectivity index (χ3v) is 10.2. The van der Waals surface area contributed by atoms with E-state index in [0.29, 0.717) is 78.9 Å². The number of aliphatic hydroxyl groups is 3. The van der Waals surface area contributed by atoms with Crippen LogP contribution >= 0.6 is 0 Å². The quantitative estimate of drug-likeness (QED) is 0.0302. The molecule has 63 heavy (non-hydrogen) atoms. The van der Waals surface area contributed by atoms with E-state index in [0.717, 1.165) is 51.4 Å². The standard InChI is InChI=1S/C39H72O5.C12H26O7/c1-3-5-7-9-11-13-15-17-19-21-23-25-27-29-31-33-38(41)43-36-37(35-40)44-39(42)34-32-30-28-26-24-22-20-18-16-14-12-10-8-6-4-2;13-1-3-15-5-7-17-9-11-19-12-10-18-8-6-16-4-2-14/h17-20,37,40H,3-16,21-36H2,1-2H3;13-14H,1-12H2/b19-17-,20-18-;/t37-;/m0./s1. The van der Waals surface area contributed by atoms with Gasteiger partial charge >= 0.3 is 11.9 Å². The van der Waals surface area contributed by atoms with Crippen LogP contribution in [0.4, 0.5) is 0 Å². The van der Waals surface area contributed by atoms with Gasteiger partial charge in [0, 0.05) is 12.8 Å². The number of allylic oxidation sites excluding steroid dienone is 4. The van der Waals surface area contributed by atoms with Crippen molar-refractivity contribution in [1.29, 1.82) is 0 Å². The van der Waals surface area contributed by atoms with Crippen molar-refractivity contribution >= 4 is 11.9 Å². The minimum atomic E-state index is -0.774. The number of unbranched alkanes of at least 4 members (excludes halogenated alkanes) is 22. The average molecular weight is 903 g/mol. The molecule has 0 radical (unpaired) electrons. The van der Waals surface area contributed by atoms with E-state index in [1.807, 2.05) is 0 Å². The molecule has 1 atom stereocenters. The molecular formula is C51H98O12. The molecular weight excluding hydrogens is 805 g/mol. The highest BCUT2D eigenvalue weighted by Gasteiger charge is 2.16. The van der Waals surface area contributed by atoms with Gasteiger partial charge in [0.25, 0.3) is 0 Å². The molecule has 0 unspecified atom stereocenters. The van der Waals surface area contributed by atoms with Gasteiger partial charge in [-0.25, -0.2) is 0 Å². The third kappa shape index (κ3) is 58.1. The number of rotatable bonds is 50. The van der Waals surface area contributed by atoms with Crippen molar-refractivity contribution in [2.75, 3.05) is 92.5 Å². The fourth-order valence-electron chi connectivity index (χ4n) is 6.42. The zero-order valence-electron chi connectivity index (χ0n) is 40.6. The van der Waals surface area contributed by atoms with Gasteiger partial charge in [-0.05, 0) is 64.2 Å². The van der Waals surface area contributed by atoms with E-state index in [4.69, 9.17) is 43.4 Å². The van der Waals surface area contributed by atoms with Crippen LogP contribution in [0.2, 0.25) is 0 Å². The lowest BCUT2D eigenvalue weighted by molar-refractivity contribution is -0.161. The van der Waals surface area contributed by atoms with Crippen LogP contribution in [-0.4, -0.2) is 126 Å². The predicted molar refractivity (Wildman–Crippen MR) is 255 cm³/mol. The summed E-state index contributed by atoms with van der Waals surface area (Å²) in [5.74, 6) is -0.607. The number of hydrogen-bond acceptors (Lipinski definition) is 12. The first-order valence-electron chi connectivity index (χ1n) is 25.4. The Balaban J connectivity index is 0. The van der Waals surface area contributed by atoms with E-state index < -0.39 is 6.10 Å². The van der Waals surface area contributed by atoms with Gasteiger partial charge in [-0.15, -0.1) is 0 Å². The fraction of sp³-hybridized carbons (Fsp3) is 0.882. The maximum Gasteiger partial charge on any atom is 0.306 e. The van der Waals surface area contributed by atoms with E-state index in [-0.39, 0.29) is 38.4 Å². The summed E-state index contributed by atoms with van der Waals surface area (Å²) in [6.45, 7) is 8.92. The topological polar surface area (TPSA) is 159 Å². The average Bonchev–Trinajstić information content (AvgIpc) is 3.29. The molecule has 12 heteroatoms. The molecule has 0 fully saturated rings. The molecule has 0 aromatic carbocycles. The highest BCUT2D eigenvalue weighted by molar-refractivity contribution is 5.70. The molecule has 0 aliphatic heterocycles. The van der Waals surface area contributed by atoms with Gasteiger partial charge in [0.05, 0.1) is 85.9 Å². The molecule has 0 aliphatic rings. The monoisotopic (exact) mass is 903 g/mol. The first-order valence-corrected chi connectivity index (χ1v) is 25.4. The van der Waals surface area contributed by atoms with Gasteiger partial charge in [-0.1, -0.05) is 141 Å². The van der Waals surface area contributed by atoms with Gasteiger partial charge in [0.2, 0.25) is 0 Å². The van der Waals surface area contributed by atoms with E-state index in [1.54, 1.807) is 0 Å². The summed E-state index contributed by atoms with van der Waals surface area (Å²) in [5.41, 5.74) is 0. The minimum Gasteiger partial charge on any atom is -0.462 e. The Kier molecular flexibility index (Phi) is 58.3. The van der Waals surface area contributed by atoms with Crippen LogP contribution in [0.1, 0.15) is 194 Å². The first kappa shape index (κ1) is 63.2. The van der Waals surface area contributed by atoms with Crippen molar-refractivity contribution < 1.29 is 58.1 Å². The summed E-state index contributed by atoms with van der Waals surface area (Å²) in [6.07, 6.45) is 40.9. The number of ether oxygens (including phenoxy) is 7. The second kappa shape index (κ2) is 58.1. The smallest absolute Gasteiger partial charge is 0.306 e. The van der Waals surface area contributed by atoms with Crippen molar-refractivity contribution in [1.82, 2.24) is 0 Å². The Bertz CT molecular complexity index is 931. The molecule has 0 saturated heterocycles. The summed E-state index contributed by atoms with van der Waals surface area (Å²) < 4.78 is 36.4. The van der Waals surface area contributed by atoms with E-state index >= 15 is 0 Å². The van der Waals surface area contributed by atoms with E-state index in [2.05, 4.69) is 38.2 Å². The van der Waals surface area contributed by atoms with Crippen molar-refractivity contribution in [2.24, 2.45) is 0 Å². The van der Waals surface area contributed by atoms with Crippen LogP contribution in [0.5, 0.6) is 0 Å². The molecule has 0 aromatic rings. The zero-order valence-corrected chi connectivity index (χ0v) is 40.6. The Hall–Kier alpha value is -1.90. The molecule has 0 spiro atoms. The van der Waals surface area contributed by atoms with Gasteiger partial charge in [0.1, 0.15) is 6.61 Å². The van der Waals surface area contributed by atoms with Gasteiger partial charge in [0.15, 0.2) is 6.10 Å². The Morgan fingerprint density at radius 3 is 1.03 bits per heavy atom. The zero-order chi connectivity index (χ0) is 46.2. The summed E-state index contributed by atoms with van der Waals surface area (Å²) >= 11 is 0. The maximum absolute atomic E-state index is 12.1. The van der Waals surface area contributed by atoms with Crippen LogP contribution in [0.3, 0.4) is 0 Å². The lowest BCUT2D eigenvalue weighted by Crippen LogP contribution is -2.28. The summed E-state index contributed by atoms with van der Waals surface area (Å²) in [6, 6.07) is 0. The second-order valence-electron chi connectivity index (χ2n) is 16.2. The summed E-state index contributed by atoms with van der Waals surface area (Å²) in [4.78, 5) is 24.2. The molecule has 0 aromatic heterocycles. The third-order valence-electron chi connectivity index (χ3n) is 10.2. The molecule has 3 N–H and O–H groups in total. The van der Waals surface area contributed by atoms with E-state index in [1.165, 1.54) is 116 Å². The maximum atomic E-state index is 12.1. The number of carbonyl (C=O) groups is 2. The normalized spacial score (nSPS) is 12.0. The van der Waals surface area contributed by atoms with Crippen molar-refractivity contribution in [3.05, 3.63) is 24.3 Å². The van der Waals surface area contributed by atoms with Gasteiger partial charge < -0.3 is 48.5 Å². The fourth-order valence-corrected chi connectivity index (χ4v) is 6.42. The molecule has 12 nitrogen and oxygen atoms in total. The molecule has 0 aliphatic carbocycles. The van der Waals surface area contributed by atoms with Crippen LogP contribution in [0.15, 0.2) is 24.3 Å². The van der Waals surface area contributed by atoms with Gasteiger partial charge in [-0.3, -0.25) is 9.59 Å². The number of aliphatic hydroxyl groups excluding tert-OH is 3. The van der Waals surface area contributed by atoms with Crippen LogP contribution < -0.4 is 0 Å². The van der Waals surface area contributed by atoms with Crippen LogP contribution in [0.25, 0.3) is 0 Å². The van der Waals surface area contributed by atoms with Crippen molar-refractivity contribution in [3.63, 3.8) is 0 Å².